The first kappa shape index (κ1) is 23.1. The van der Waals surface area contributed by atoms with Crippen LogP contribution in [-0.2, 0) is 9.53 Å². The van der Waals surface area contributed by atoms with Gasteiger partial charge in [0, 0.05) is 24.2 Å². The Morgan fingerprint density at radius 1 is 1.03 bits per heavy atom. The van der Waals surface area contributed by atoms with Crippen molar-refractivity contribution < 1.29 is 23.8 Å². The number of methoxy groups -OCH3 is 2. The van der Waals surface area contributed by atoms with Crippen molar-refractivity contribution >= 4 is 35.0 Å². The molecule has 0 aromatic heterocycles. The fourth-order valence-electron chi connectivity index (χ4n) is 3.48. The van der Waals surface area contributed by atoms with Crippen molar-refractivity contribution in [1.29, 1.82) is 0 Å². The maximum Gasteiger partial charge on any atom is 0.257 e. The third-order valence-electron chi connectivity index (χ3n) is 5.15. The van der Waals surface area contributed by atoms with Crippen LogP contribution in [0.25, 0.3) is 0 Å². The van der Waals surface area contributed by atoms with Crippen LogP contribution in [0.3, 0.4) is 0 Å². The lowest BCUT2D eigenvalue weighted by Gasteiger charge is -2.20. The summed E-state index contributed by atoms with van der Waals surface area (Å²) in [5.41, 5.74) is 2.07. The Morgan fingerprint density at radius 3 is 2.53 bits per heavy atom. The lowest BCUT2D eigenvalue weighted by atomic mass is 10.1. The molecule has 2 amide bonds. The maximum atomic E-state index is 12.7. The zero-order valence-corrected chi connectivity index (χ0v) is 19.5. The standard InChI is InChI=1S/C25H22ClN3O5/c1-15(30)29-25(34-24(28-29)20-12-11-18(32-2)14-22(20)33-3)16-7-6-8-17(13-16)27-23(31)19-9-4-5-10-21(19)26/h4-14,25H,1-3H3,(H,27,31)/t25-/m1/s1. The molecular weight excluding hydrogens is 458 g/mol. The number of rotatable bonds is 6. The van der Waals surface area contributed by atoms with E-state index in [-0.39, 0.29) is 17.7 Å². The smallest absolute Gasteiger partial charge is 0.257 e. The summed E-state index contributed by atoms with van der Waals surface area (Å²) in [7, 11) is 3.09. The summed E-state index contributed by atoms with van der Waals surface area (Å²) >= 11 is 6.13. The van der Waals surface area contributed by atoms with Gasteiger partial charge in [-0.25, -0.2) is 0 Å². The third kappa shape index (κ3) is 4.67. The number of anilines is 1. The molecule has 3 aromatic rings. The Kier molecular flexibility index (Phi) is 6.70. The van der Waals surface area contributed by atoms with Crippen molar-refractivity contribution in [3.8, 4) is 11.5 Å². The molecule has 1 atom stereocenters. The van der Waals surface area contributed by atoms with E-state index >= 15 is 0 Å². The van der Waals surface area contributed by atoms with Crippen molar-refractivity contribution in [2.24, 2.45) is 5.10 Å². The van der Waals surface area contributed by atoms with E-state index in [0.29, 0.717) is 38.9 Å². The van der Waals surface area contributed by atoms with Gasteiger partial charge in [-0.15, -0.1) is 5.10 Å². The molecule has 0 bridgehead atoms. The molecule has 0 spiro atoms. The van der Waals surface area contributed by atoms with Crippen LogP contribution in [0.2, 0.25) is 5.02 Å². The van der Waals surface area contributed by atoms with Crippen LogP contribution in [0.5, 0.6) is 11.5 Å². The molecule has 0 unspecified atom stereocenters. The van der Waals surface area contributed by atoms with Crippen molar-refractivity contribution in [3.63, 3.8) is 0 Å². The van der Waals surface area contributed by atoms with Gasteiger partial charge in [0.15, 0.2) is 0 Å². The van der Waals surface area contributed by atoms with Gasteiger partial charge in [0.05, 0.1) is 30.4 Å². The van der Waals surface area contributed by atoms with Gasteiger partial charge in [0.2, 0.25) is 18.0 Å². The minimum atomic E-state index is -0.823. The second kappa shape index (κ2) is 9.84. The first-order valence-electron chi connectivity index (χ1n) is 10.3. The average molecular weight is 480 g/mol. The van der Waals surface area contributed by atoms with Crippen LogP contribution in [-0.4, -0.2) is 36.9 Å². The van der Waals surface area contributed by atoms with E-state index in [2.05, 4.69) is 10.4 Å². The van der Waals surface area contributed by atoms with Gasteiger partial charge in [-0.1, -0.05) is 35.9 Å². The number of ether oxygens (including phenoxy) is 3. The van der Waals surface area contributed by atoms with Gasteiger partial charge in [-0.05, 0) is 36.4 Å². The van der Waals surface area contributed by atoms with Crippen LogP contribution in [0, 0.1) is 0 Å². The highest BCUT2D eigenvalue weighted by atomic mass is 35.5. The summed E-state index contributed by atoms with van der Waals surface area (Å²) in [4.78, 5) is 25.0. The predicted molar refractivity (Wildman–Crippen MR) is 128 cm³/mol. The molecule has 3 aromatic carbocycles. The Balaban J connectivity index is 1.61. The van der Waals surface area contributed by atoms with Crippen molar-refractivity contribution in [1.82, 2.24) is 5.01 Å². The van der Waals surface area contributed by atoms with Gasteiger partial charge < -0.3 is 19.5 Å². The SMILES string of the molecule is COc1ccc(C2=NN(C(C)=O)[C@@H](c3cccc(NC(=O)c4ccccc4Cl)c3)O2)c(OC)c1. The molecule has 8 nitrogen and oxygen atoms in total. The number of hydrogen-bond donors (Lipinski definition) is 1. The molecule has 0 fully saturated rings. The highest BCUT2D eigenvalue weighted by Crippen LogP contribution is 2.35. The molecule has 34 heavy (non-hydrogen) atoms. The zero-order valence-electron chi connectivity index (χ0n) is 18.7. The number of halogens is 1. The fourth-order valence-corrected chi connectivity index (χ4v) is 3.70. The first-order chi connectivity index (χ1) is 16.4. The van der Waals surface area contributed by atoms with E-state index < -0.39 is 6.23 Å². The second-order valence-electron chi connectivity index (χ2n) is 7.36. The number of amides is 2. The number of nitrogens with one attached hydrogen (secondary N) is 1. The van der Waals surface area contributed by atoms with Gasteiger partial charge in [0.25, 0.3) is 5.91 Å². The zero-order chi connectivity index (χ0) is 24.2. The quantitative estimate of drug-likeness (QED) is 0.546. The topological polar surface area (TPSA) is 89.5 Å². The Bertz CT molecular complexity index is 1280. The van der Waals surface area contributed by atoms with Crippen LogP contribution in [0.15, 0.2) is 71.8 Å². The molecule has 0 radical (unpaired) electrons. The van der Waals surface area contributed by atoms with Crippen LogP contribution < -0.4 is 14.8 Å². The van der Waals surface area contributed by atoms with E-state index in [1.165, 1.54) is 19.0 Å². The largest absolute Gasteiger partial charge is 0.497 e. The fraction of sp³-hybridized carbons (Fsp3) is 0.160. The van der Waals surface area contributed by atoms with Gasteiger partial charge >= 0.3 is 0 Å². The van der Waals surface area contributed by atoms with Gasteiger partial charge in [0.1, 0.15) is 11.5 Å². The molecule has 1 heterocycles. The van der Waals surface area contributed by atoms with E-state index in [9.17, 15) is 9.59 Å². The molecule has 0 aliphatic carbocycles. The van der Waals surface area contributed by atoms with Crippen molar-refractivity contribution in [3.05, 3.63) is 88.4 Å². The summed E-state index contributed by atoms with van der Waals surface area (Å²) < 4.78 is 16.8. The molecule has 9 heteroatoms. The molecular formula is C25H22ClN3O5. The predicted octanol–water partition coefficient (Wildman–Crippen LogP) is 4.85. The third-order valence-corrected chi connectivity index (χ3v) is 5.48. The van der Waals surface area contributed by atoms with Crippen LogP contribution >= 0.6 is 11.6 Å². The van der Waals surface area contributed by atoms with Gasteiger partial charge in [-0.3, -0.25) is 9.59 Å². The number of hydrogen-bond acceptors (Lipinski definition) is 6. The number of benzene rings is 3. The number of nitrogens with zero attached hydrogens (tertiary/aromatic N) is 2. The highest BCUT2D eigenvalue weighted by molar-refractivity contribution is 6.34. The summed E-state index contributed by atoms with van der Waals surface area (Å²) in [6.07, 6.45) is -0.823. The van der Waals surface area contributed by atoms with E-state index in [1.54, 1.807) is 73.8 Å². The molecule has 1 N–H and O–H groups in total. The van der Waals surface area contributed by atoms with Crippen molar-refractivity contribution in [2.45, 2.75) is 13.2 Å². The van der Waals surface area contributed by atoms with E-state index in [1.807, 2.05) is 0 Å². The lowest BCUT2D eigenvalue weighted by Crippen LogP contribution is -2.25. The number of carbonyl (C=O) groups is 2. The molecule has 0 saturated carbocycles. The Labute approximate surface area is 201 Å². The Hall–Kier alpha value is -4.04. The molecule has 1 aliphatic rings. The summed E-state index contributed by atoms with van der Waals surface area (Å²) in [6, 6.07) is 19.0. The minimum absolute atomic E-state index is 0.227. The first-order valence-corrected chi connectivity index (χ1v) is 10.7. The molecule has 174 valence electrons. The molecule has 0 saturated heterocycles. The highest BCUT2D eigenvalue weighted by Gasteiger charge is 2.34. The Morgan fingerprint density at radius 2 is 1.82 bits per heavy atom. The van der Waals surface area contributed by atoms with E-state index in [4.69, 9.17) is 25.8 Å². The lowest BCUT2D eigenvalue weighted by molar-refractivity contribution is -0.135. The summed E-state index contributed by atoms with van der Waals surface area (Å²) in [5, 5.41) is 8.80. The minimum Gasteiger partial charge on any atom is -0.497 e. The summed E-state index contributed by atoms with van der Waals surface area (Å²) in [6.45, 7) is 1.40. The van der Waals surface area contributed by atoms with Gasteiger partial charge in [-0.2, -0.15) is 5.01 Å². The number of hydrazone groups is 1. The summed E-state index contributed by atoms with van der Waals surface area (Å²) in [5.74, 6) is 0.672. The molecule has 1 aliphatic heterocycles. The van der Waals surface area contributed by atoms with Crippen LogP contribution in [0.4, 0.5) is 5.69 Å². The second-order valence-corrected chi connectivity index (χ2v) is 7.77. The normalized spacial score (nSPS) is 14.8. The maximum absolute atomic E-state index is 12.7. The monoisotopic (exact) mass is 479 g/mol. The molecule has 4 rings (SSSR count). The average Bonchev–Trinajstić information content (AvgIpc) is 3.30. The van der Waals surface area contributed by atoms with E-state index in [0.717, 1.165) is 0 Å². The van der Waals surface area contributed by atoms with Crippen molar-refractivity contribution in [2.75, 3.05) is 19.5 Å². The number of carbonyl (C=O) groups excluding carboxylic acids is 2. The van der Waals surface area contributed by atoms with Crippen LogP contribution in [0.1, 0.15) is 34.6 Å².